The molecular formula is C11H19ClN4. The second-order valence-electron chi connectivity index (χ2n) is 4.97. The van der Waals surface area contributed by atoms with Crippen molar-refractivity contribution < 1.29 is 0 Å². The van der Waals surface area contributed by atoms with Crippen LogP contribution in [0.5, 0.6) is 0 Å². The van der Waals surface area contributed by atoms with Crippen molar-refractivity contribution >= 4 is 17.4 Å². The van der Waals surface area contributed by atoms with E-state index in [-0.39, 0.29) is 10.7 Å². The van der Waals surface area contributed by atoms with E-state index >= 15 is 0 Å². The Kier molecular flexibility index (Phi) is 4.50. The third kappa shape index (κ3) is 4.77. The molecule has 0 atom stereocenters. The second-order valence-corrected chi connectivity index (χ2v) is 5.30. The largest absolute Gasteiger partial charge is 0.369 e. The summed E-state index contributed by atoms with van der Waals surface area (Å²) in [6.07, 6.45) is 1.65. The third-order valence-corrected chi connectivity index (χ3v) is 2.30. The van der Waals surface area contributed by atoms with E-state index in [0.717, 1.165) is 18.9 Å². The fourth-order valence-corrected chi connectivity index (χ4v) is 1.82. The first-order valence-corrected chi connectivity index (χ1v) is 5.64. The van der Waals surface area contributed by atoms with Gasteiger partial charge in [0.1, 0.15) is 5.82 Å². The number of hydrogen-bond acceptors (Lipinski definition) is 4. The molecule has 1 N–H and O–H groups in total. The van der Waals surface area contributed by atoms with Crippen molar-refractivity contribution in [2.75, 3.05) is 32.5 Å². The first-order valence-electron chi connectivity index (χ1n) is 5.26. The first kappa shape index (κ1) is 13.2. The van der Waals surface area contributed by atoms with Gasteiger partial charge in [0, 0.05) is 19.3 Å². The number of nitrogens with one attached hydrogen (secondary N) is 1. The average Bonchev–Trinajstić information content (AvgIpc) is 2.13. The van der Waals surface area contributed by atoms with Gasteiger partial charge >= 0.3 is 0 Å². The van der Waals surface area contributed by atoms with Crippen molar-refractivity contribution in [2.45, 2.75) is 13.8 Å². The van der Waals surface area contributed by atoms with E-state index in [1.54, 1.807) is 6.20 Å². The highest BCUT2D eigenvalue weighted by Crippen LogP contribution is 2.17. The minimum atomic E-state index is 0.181. The SMILES string of the molecule is CN(C)CC(C)(C)CNc1ccnc(Cl)n1. The Morgan fingerprint density at radius 3 is 2.69 bits per heavy atom. The lowest BCUT2D eigenvalue weighted by atomic mass is 9.93. The topological polar surface area (TPSA) is 41.0 Å². The zero-order valence-electron chi connectivity index (χ0n) is 10.3. The highest BCUT2D eigenvalue weighted by atomic mass is 35.5. The summed E-state index contributed by atoms with van der Waals surface area (Å²) in [5.74, 6) is 0.770. The third-order valence-electron chi connectivity index (χ3n) is 2.12. The van der Waals surface area contributed by atoms with E-state index in [1.807, 2.05) is 6.07 Å². The van der Waals surface area contributed by atoms with Gasteiger partial charge in [-0.2, -0.15) is 0 Å². The molecule has 0 bridgehead atoms. The lowest BCUT2D eigenvalue weighted by molar-refractivity contribution is 0.254. The fraction of sp³-hybridized carbons (Fsp3) is 0.636. The highest BCUT2D eigenvalue weighted by Gasteiger charge is 2.18. The molecule has 0 saturated carbocycles. The summed E-state index contributed by atoms with van der Waals surface area (Å²) in [6, 6.07) is 1.82. The van der Waals surface area contributed by atoms with Gasteiger partial charge in [0.15, 0.2) is 0 Å². The molecule has 1 aromatic rings. The summed E-state index contributed by atoms with van der Waals surface area (Å²) in [5.41, 5.74) is 0.181. The maximum absolute atomic E-state index is 5.71. The van der Waals surface area contributed by atoms with Gasteiger partial charge < -0.3 is 10.2 Å². The molecule has 1 rings (SSSR count). The Morgan fingerprint density at radius 1 is 1.44 bits per heavy atom. The average molecular weight is 243 g/mol. The molecular weight excluding hydrogens is 224 g/mol. The molecule has 5 heteroatoms. The molecule has 16 heavy (non-hydrogen) atoms. The molecule has 0 fully saturated rings. The lowest BCUT2D eigenvalue weighted by Gasteiger charge is -2.28. The van der Waals surface area contributed by atoms with E-state index in [9.17, 15) is 0 Å². The summed E-state index contributed by atoms with van der Waals surface area (Å²) in [6.45, 7) is 6.28. The molecule has 0 aliphatic heterocycles. The van der Waals surface area contributed by atoms with Crippen LogP contribution >= 0.6 is 11.6 Å². The molecule has 0 amide bonds. The molecule has 0 aromatic carbocycles. The van der Waals surface area contributed by atoms with Crippen LogP contribution in [0, 0.1) is 5.41 Å². The zero-order valence-corrected chi connectivity index (χ0v) is 11.0. The van der Waals surface area contributed by atoms with Gasteiger partial charge in [-0.15, -0.1) is 0 Å². The number of aromatic nitrogens is 2. The Morgan fingerprint density at radius 2 is 2.12 bits per heavy atom. The van der Waals surface area contributed by atoms with E-state index in [4.69, 9.17) is 11.6 Å². The number of anilines is 1. The Labute approximate surface area is 102 Å². The van der Waals surface area contributed by atoms with Gasteiger partial charge in [0.2, 0.25) is 5.28 Å². The smallest absolute Gasteiger partial charge is 0.224 e. The van der Waals surface area contributed by atoms with Crippen LogP contribution < -0.4 is 5.32 Å². The molecule has 90 valence electrons. The predicted molar refractivity (Wildman–Crippen MR) is 67.9 cm³/mol. The van der Waals surface area contributed by atoms with E-state index in [1.165, 1.54) is 0 Å². The molecule has 0 radical (unpaired) electrons. The minimum Gasteiger partial charge on any atom is -0.369 e. The van der Waals surface area contributed by atoms with Gasteiger partial charge in [-0.05, 0) is 37.2 Å². The standard InChI is InChI=1S/C11H19ClN4/c1-11(2,8-16(3)4)7-14-9-5-6-13-10(12)15-9/h5-6H,7-8H2,1-4H3,(H,13,14,15). The summed E-state index contributed by atoms with van der Waals surface area (Å²) in [7, 11) is 4.15. The summed E-state index contributed by atoms with van der Waals surface area (Å²) >= 11 is 5.71. The molecule has 0 aliphatic rings. The summed E-state index contributed by atoms with van der Waals surface area (Å²) in [5, 5.41) is 3.54. The van der Waals surface area contributed by atoms with Crippen LogP contribution in [0.1, 0.15) is 13.8 Å². The van der Waals surface area contributed by atoms with Gasteiger partial charge in [-0.25, -0.2) is 9.97 Å². The Balaban J connectivity index is 2.50. The van der Waals surface area contributed by atoms with Gasteiger partial charge in [0.25, 0.3) is 0 Å². The van der Waals surface area contributed by atoms with Crippen molar-refractivity contribution in [1.29, 1.82) is 0 Å². The molecule has 0 spiro atoms. The van der Waals surface area contributed by atoms with Crippen molar-refractivity contribution in [1.82, 2.24) is 14.9 Å². The molecule has 0 unspecified atom stereocenters. The lowest BCUT2D eigenvalue weighted by Crippen LogP contribution is -2.34. The van der Waals surface area contributed by atoms with Crippen LogP contribution in [-0.2, 0) is 0 Å². The Bertz CT molecular complexity index is 339. The van der Waals surface area contributed by atoms with E-state index in [0.29, 0.717) is 0 Å². The van der Waals surface area contributed by atoms with Crippen LogP contribution in [0.3, 0.4) is 0 Å². The fourth-order valence-electron chi connectivity index (χ4n) is 1.68. The molecule has 4 nitrogen and oxygen atoms in total. The predicted octanol–water partition coefficient (Wildman–Crippen LogP) is 2.13. The van der Waals surface area contributed by atoms with E-state index in [2.05, 4.69) is 48.1 Å². The number of nitrogens with zero attached hydrogens (tertiary/aromatic N) is 3. The normalized spacial score (nSPS) is 11.9. The quantitative estimate of drug-likeness (QED) is 0.804. The van der Waals surface area contributed by atoms with Crippen LogP contribution in [-0.4, -0.2) is 42.1 Å². The summed E-state index contributed by atoms with van der Waals surface area (Å²) in [4.78, 5) is 10.1. The van der Waals surface area contributed by atoms with Gasteiger partial charge in [0.05, 0.1) is 0 Å². The van der Waals surface area contributed by atoms with E-state index < -0.39 is 0 Å². The van der Waals surface area contributed by atoms with Crippen LogP contribution in [0.2, 0.25) is 5.28 Å². The van der Waals surface area contributed by atoms with Crippen molar-refractivity contribution in [3.63, 3.8) is 0 Å². The number of hydrogen-bond donors (Lipinski definition) is 1. The van der Waals surface area contributed by atoms with Crippen molar-refractivity contribution in [2.24, 2.45) is 5.41 Å². The van der Waals surface area contributed by atoms with Crippen molar-refractivity contribution in [3.8, 4) is 0 Å². The van der Waals surface area contributed by atoms with Crippen LogP contribution in [0.15, 0.2) is 12.3 Å². The number of halogens is 1. The first-order chi connectivity index (χ1) is 7.39. The zero-order chi connectivity index (χ0) is 12.2. The second kappa shape index (κ2) is 5.46. The Hall–Kier alpha value is -0.870. The molecule has 0 saturated heterocycles. The maximum atomic E-state index is 5.71. The van der Waals surface area contributed by atoms with Gasteiger partial charge in [-0.1, -0.05) is 13.8 Å². The molecule has 0 aliphatic carbocycles. The maximum Gasteiger partial charge on any atom is 0.224 e. The van der Waals surface area contributed by atoms with Crippen LogP contribution in [0.4, 0.5) is 5.82 Å². The number of rotatable bonds is 5. The molecule has 1 heterocycles. The van der Waals surface area contributed by atoms with Gasteiger partial charge in [-0.3, -0.25) is 0 Å². The molecule has 1 aromatic heterocycles. The minimum absolute atomic E-state index is 0.181. The monoisotopic (exact) mass is 242 g/mol. The van der Waals surface area contributed by atoms with Crippen LogP contribution in [0.25, 0.3) is 0 Å². The summed E-state index contributed by atoms with van der Waals surface area (Å²) < 4.78 is 0. The highest BCUT2D eigenvalue weighted by molar-refractivity contribution is 6.28. The van der Waals surface area contributed by atoms with Crippen molar-refractivity contribution in [3.05, 3.63) is 17.5 Å².